The van der Waals surface area contributed by atoms with Crippen LogP contribution >= 0.6 is 0 Å². The van der Waals surface area contributed by atoms with E-state index < -0.39 is 5.60 Å². The molecule has 96 valence electrons. The molecule has 1 saturated carbocycles. The van der Waals surface area contributed by atoms with Gasteiger partial charge in [-0.05, 0) is 45.1 Å². The van der Waals surface area contributed by atoms with E-state index in [-0.39, 0.29) is 0 Å². The van der Waals surface area contributed by atoms with Gasteiger partial charge in [-0.25, -0.2) is 0 Å². The molecule has 2 atom stereocenters. The SMILES string of the molecule is C=O.CC(C)(C)O.CN1CC2C(C1)C2(C)C. The highest BCUT2D eigenvalue weighted by molar-refractivity contribution is 5.11. The number of nitrogens with zero attached hydrogens (tertiary/aromatic N) is 1. The van der Waals surface area contributed by atoms with Crippen LogP contribution in [0.1, 0.15) is 34.6 Å². The smallest absolute Gasteiger partial charge is 0.106 e. The zero-order chi connectivity index (χ0) is 13.1. The molecular formula is C13H27NO2. The number of carbonyl (C=O) groups excluding carboxylic acids is 1. The molecule has 1 aliphatic carbocycles. The van der Waals surface area contributed by atoms with Crippen LogP contribution in [0.3, 0.4) is 0 Å². The van der Waals surface area contributed by atoms with Crippen molar-refractivity contribution >= 4 is 6.79 Å². The summed E-state index contributed by atoms with van der Waals surface area (Å²) in [5.74, 6) is 2.06. The number of hydrogen-bond acceptors (Lipinski definition) is 3. The number of aliphatic hydroxyl groups is 1. The fourth-order valence-corrected chi connectivity index (χ4v) is 2.33. The lowest BCUT2D eigenvalue weighted by molar-refractivity contribution is -0.0979. The summed E-state index contributed by atoms with van der Waals surface area (Å²) in [6.45, 7) is 14.7. The van der Waals surface area contributed by atoms with Crippen LogP contribution in [0.25, 0.3) is 0 Å². The predicted octanol–water partition coefficient (Wildman–Crippen LogP) is 1.80. The molecule has 2 unspecified atom stereocenters. The molecule has 1 aliphatic heterocycles. The van der Waals surface area contributed by atoms with E-state index in [1.54, 1.807) is 20.8 Å². The van der Waals surface area contributed by atoms with E-state index in [2.05, 4.69) is 25.8 Å². The topological polar surface area (TPSA) is 40.5 Å². The van der Waals surface area contributed by atoms with Crippen molar-refractivity contribution in [1.82, 2.24) is 4.90 Å². The van der Waals surface area contributed by atoms with Gasteiger partial charge < -0.3 is 14.8 Å². The molecule has 0 aromatic carbocycles. The van der Waals surface area contributed by atoms with Crippen LogP contribution in [0, 0.1) is 17.3 Å². The first-order valence-corrected chi connectivity index (χ1v) is 5.82. The van der Waals surface area contributed by atoms with E-state index in [1.807, 2.05) is 6.79 Å². The van der Waals surface area contributed by atoms with Gasteiger partial charge in [-0.1, -0.05) is 13.8 Å². The molecule has 0 amide bonds. The maximum atomic E-state index is 8.52. The Balaban J connectivity index is 0.000000280. The summed E-state index contributed by atoms with van der Waals surface area (Å²) >= 11 is 0. The van der Waals surface area contributed by atoms with Gasteiger partial charge >= 0.3 is 0 Å². The largest absolute Gasteiger partial charge is 0.391 e. The fraction of sp³-hybridized carbons (Fsp3) is 0.923. The van der Waals surface area contributed by atoms with Crippen LogP contribution in [0.2, 0.25) is 0 Å². The molecule has 0 spiro atoms. The lowest BCUT2D eigenvalue weighted by Gasteiger charge is -2.15. The highest BCUT2D eigenvalue weighted by Gasteiger charge is 2.60. The molecule has 1 N–H and O–H groups in total. The summed E-state index contributed by atoms with van der Waals surface area (Å²) in [4.78, 5) is 10.4. The Kier molecular flexibility index (Phi) is 5.15. The van der Waals surface area contributed by atoms with Gasteiger partial charge in [-0.3, -0.25) is 0 Å². The highest BCUT2D eigenvalue weighted by atomic mass is 16.3. The minimum Gasteiger partial charge on any atom is -0.391 e. The van der Waals surface area contributed by atoms with Gasteiger partial charge in [0.15, 0.2) is 0 Å². The Bertz CT molecular complexity index is 200. The summed E-state index contributed by atoms with van der Waals surface area (Å²) < 4.78 is 0. The van der Waals surface area contributed by atoms with Crippen molar-refractivity contribution in [3.8, 4) is 0 Å². The van der Waals surface area contributed by atoms with Crippen molar-refractivity contribution in [1.29, 1.82) is 0 Å². The number of rotatable bonds is 0. The standard InChI is InChI=1S/C8H15N.C4H10O.CH2O/c1-8(2)6-4-9(3)5-7(6)8;1-4(2,3)5;1-2/h6-7H,4-5H2,1-3H3;5H,1-3H3;1H2. The second-order valence-electron chi connectivity index (χ2n) is 6.43. The van der Waals surface area contributed by atoms with Gasteiger partial charge in [0.25, 0.3) is 0 Å². The second kappa shape index (κ2) is 5.28. The quantitative estimate of drug-likeness (QED) is 0.688. The van der Waals surface area contributed by atoms with Gasteiger partial charge in [-0.2, -0.15) is 0 Å². The van der Waals surface area contributed by atoms with E-state index in [1.165, 1.54) is 13.1 Å². The van der Waals surface area contributed by atoms with Gasteiger partial charge in [0.05, 0.1) is 5.60 Å². The monoisotopic (exact) mass is 229 g/mol. The zero-order valence-corrected chi connectivity index (χ0v) is 11.6. The molecule has 1 heterocycles. The Morgan fingerprint density at radius 2 is 1.44 bits per heavy atom. The maximum absolute atomic E-state index is 8.52. The summed E-state index contributed by atoms with van der Waals surface area (Å²) in [5.41, 5.74) is 0.201. The van der Waals surface area contributed by atoms with Crippen molar-refractivity contribution in [2.24, 2.45) is 17.3 Å². The highest BCUT2D eigenvalue weighted by Crippen LogP contribution is 2.61. The zero-order valence-electron chi connectivity index (χ0n) is 11.6. The van der Waals surface area contributed by atoms with Crippen LogP contribution in [-0.2, 0) is 4.79 Å². The van der Waals surface area contributed by atoms with Crippen molar-refractivity contribution in [2.45, 2.75) is 40.2 Å². The van der Waals surface area contributed by atoms with E-state index in [9.17, 15) is 0 Å². The van der Waals surface area contributed by atoms with E-state index >= 15 is 0 Å². The van der Waals surface area contributed by atoms with Gasteiger partial charge in [0.1, 0.15) is 6.79 Å². The van der Waals surface area contributed by atoms with E-state index in [0.717, 1.165) is 11.8 Å². The molecule has 2 fully saturated rings. The van der Waals surface area contributed by atoms with Crippen LogP contribution < -0.4 is 0 Å². The molecule has 1 saturated heterocycles. The Morgan fingerprint density at radius 1 is 1.19 bits per heavy atom. The first kappa shape index (κ1) is 15.6. The molecule has 0 bridgehead atoms. The summed E-state index contributed by atoms with van der Waals surface area (Å²) in [7, 11) is 2.22. The average molecular weight is 229 g/mol. The van der Waals surface area contributed by atoms with Crippen LogP contribution in [0.4, 0.5) is 0 Å². The first-order valence-electron chi connectivity index (χ1n) is 5.82. The third-order valence-corrected chi connectivity index (χ3v) is 3.30. The second-order valence-corrected chi connectivity index (χ2v) is 6.43. The molecule has 2 aliphatic rings. The normalized spacial score (nSPS) is 30.4. The van der Waals surface area contributed by atoms with Crippen molar-refractivity contribution in [3.05, 3.63) is 0 Å². The van der Waals surface area contributed by atoms with Crippen LogP contribution in [0.15, 0.2) is 0 Å². The molecule has 3 heteroatoms. The lowest BCUT2D eigenvalue weighted by atomic mass is 10.1. The summed E-state index contributed by atoms with van der Waals surface area (Å²) in [5, 5.41) is 8.52. The van der Waals surface area contributed by atoms with E-state index in [0.29, 0.717) is 5.41 Å². The Morgan fingerprint density at radius 3 is 1.62 bits per heavy atom. The van der Waals surface area contributed by atoms with Crippen LogP contribution in [0.5, 0.6) is 0 Å². The molecular weight excluding hydrogens is 202 g/mol. The Labute approximate surface area is 99.8 Å². The molecule has 0 aromatic heterocycles. The maximum Gasteiger partial charge on any atom is 0.106 e. The predicted molar refractivity (Wildman–Crippen MR) is 67.4 cm³/mol. The first-order chi connectivity index (χ1) is 7.12. The number of hydrogen-bond donors (Lipinski definition) is 1. The summed E-state index contributed by atoms with van der Waals surface area (Å²) in [6, 6.07) is 0. The minimum atomic E-state index is -0.500. The molecule has 3 nitrogen and oxygen atoms in total. The third-order valence-electron chi connectivity index (χ3n) is 3.30. The number of likely N-dealkylation sites (tertiary alicyclic amines) is 1. The van der Waals surface area contributed by atoms with Crippen molar-refractivity contribution < 1.29 is 9.90 Å². The third kappa shape index (κ3) is 4.62. The van der Waals surface area contributed by atoms with Gasteiger partial charge in [0.2, 0.25) is 0 Å². The molecule has 0 aromatic rings. The average Bonchev–Trinajstić information content (AvgIpc) is 2.49. The molecule has 0 radical (unpaired) electrons. The van der Waals surface area contributed by atoms with Gasteiger partial charge in [-0.15, -0.1) is 0 Å². The van der Waals surface area contributed by atoms with Crippen molar-refractivity contribution in [3.63, 3.8) is 0 Å². The van der Waals surface area contributed by atoms with E-state index in [4.69, 9.17) is 9.90 Å². The number of piperidine rings is 1. The number of fused-ring (bicyclic) bond motifs is 1. The van der Waals surface area contributed by atoms with Gasteiger partial charge in [0, 0.05) is 13.1 Å². The fourth-order valence-electron chi connectivity index (χ4n) is 2.33. The number of carbonyl (C=O) groups is 1. The summed E-state index contributed by atoms with van der Waals surface area (Å²) in [6.07, 6.45) is 0. The van der Waals surface area contributed by atoms with Crippen molar-refractivity contribution in [2.75, 3.05) is 20.1 Å². The molecule has 16 heavy (non-hydrogen) atoms. The minimum absolute atomic E-state index is 0.500. The Hall–Kier alpha value is -0.410. The van der Waals surface area contributed by atoms with Crippen LogP contribution in [-0.4, -0.2) is 42.5 Å². The lowest BCUT2D eigenvalue weighted by Crippen LogP contribution is -2.21. The molecule has 2 rings (SSSR count).